The number of hydrogen-bond acceptors (Lipinski definition) is 3. The quantitative estimate of drug-likeness (QED) is 0.387. The molecular formula is C10H8BrClN4O. The number of amidine groups is 1. The van der Waals surface area contributed by atoms with Crippen LogP contribution >= 0.6 is 27.5 Å². The van der Waals surface area contributed by atoms with Gasteiger partial charge in [0.15, 0.2) is 5.84 Å². The molecule has 0 aliphatic rings. The van der Waals surface area contributed by atoms with E-state index in [9.17, 15) is 0 Å². The second kappa shape index (κ2) is 4.77. The summed E-state index contributed by atoms with van der Waals surface area (Å²) in [6.45, 7) is 0. The number of benzene rings is 1. The van der Waals surface area contributed by atoms with Crippen LogP contribution < -0.4 is 5.73 Å². The number of nitrogens with two attached hydrogens (primary N) is 1. The fourth-order valence-electron chi connectivity index (χ4n) is 1.40. The minimum absolute atomic E-state index is 0.0193. The molecule has 1 heterocycles. The second-order valence-electron chi connectivity index (χ2n) is 3.25. The molecule has 0 saturated carbocycles. The molecular weight excluding hydrogens is 307 g/mol. The van der Waals surface area contributed by atoms with E-state index < -0.39 is 0 Å². The first-order valence-electron chi connectivity index (χ1n) is 4.60. The van der Waals surface area contributed by atoms with E-state index in [-0.39, 0.29) is 5.84 Å². The van der Waals surface area contributed by atoms with Gasteiger partial charge in [0.25, 0.3) is 0 Å². The summed E-state index contributed by atoms with van der Waals surface area (Å²) >= 11 is 9.18. The van der Waals surface area contributed by atoms with E-state index in [1.165, 1.54) is 0 Å². The van der Waals surface area contributed by atoms with Crippen LogP contribution in [0.25, 0.3) is 5.69 Å². The van der Waals surface area contributed by atoms with Crippen molar-refractivity contribution in [1.29, 1.82) is 0 Å². The smallest absolute Gasteiger partial charge is 0.172 e. The fourth-order valence-corrected chi connectivity index (χ4v) is 1.86. The normalized spacial score (nSPS) is 11.8. The third kappa shape index (κ3) is 2.42. The summed E-state index contributed by atoms with van der Waals surface area (Å²) < 4.78 is 2.44. The van der Waals surface area contributed by atoms with E-state index in [1.54, 1.807) is 35.3 Å². The molecule has 0 fully saturated rings. The average Bonchev–Trinajstić information content (AvgIpc) is 2.74. The molecule has 1 aromatic heterocycles. The molecule has 0 saturated heterocycles. The van der Waals surface area contributed by atoms with Crippen molar-refractivity contribution in [1.82, 2.24) is 9.78 Å². The highest BCUT2D eigenvalue weighted by Gasteiger charge is 2.10. The monoisotopic (exact) mass is 314 g/mol. The first-order valence-corrected chi connectivity index (χ1v) is 5.77. The summed E-state index contributed by atoms with van der Waals surface area (Å²) in [6, 6.07) is 5.07. The van der Waals surface area contributed by atoms with Gasteiger partial charge in [-0.25, -0.2) is 4.68 Å². The van der Waals surface area contributed by atoms with E-state index in [0.29, 0.717) is 16.3 Å². The highest BCUT2D eigenvalue weighted by Crippen LogP contribution is 2.20. The van der Waals surface area contributed by atoms with Gasteiger partial charge in [-0.1, -0.05) is 16.8 Å². The van der Waals surface area contributed by atoms with Crippen LogP contribution in [0.15, 0.2) is 40.2 Å². The third-order valence-electron chi connectivity index (χ3n) is 2.14. The van der Waals surface area contributed by atoms with Crippen molar-refractivity contribution in [3.05, 3.63) is 45.7 Å². The van der Waals surface area contributed by atoms with Crippen molar-refractivity contribution in [3.63, 3.8) is 0 Å². The lowest BCUT2D eigenvalue weighted by molar-refractivity contribution is 0.318. The Morgan fingerprint density at radius 2 is 2.29 bits per heavy atom. The molecule has 0 aliphatic carbocycles. The van der Waals surface area contributed by atoms with Gasteiger partial charge in [0.05, 0.1) is 16.4 Å². The number of halogens is 2. The molecule has 88 valence electrons. The Kier molecular flexibility index (Phi) is 3.35. The minimum atomic E-state index is -0.0193. The van der Waals surface area contributed by atoms with Gasteiger partial charge in [0, 0.05) is 16.8 Å². The van der Waals surface area contributed by atoms with E-state index in [0.717, 1.165) is 4.47 Å². The van der Waals surface area contributed by atoms with Crippen molar-refractivity contribution in [3.8, 4) is 5.69 Å². The molecule has 5 nitrogen and oxygen atoms in total. The summed E-state index contributed by atoms with van der Waals surface area (Å²) in [6.07, 6.45) is 3.40. The van der Waals surface area contributed by atoms with Gasteiger partial charge in [-0.05, 0) is 34.1 Å². The Balaban J connectivity index is 2.61. The van der Waals surface area contributed by atoms with Gasteiger partial charge in [-0.15, -0.1) is 0 Å². The predicted molar refractivity (Wildman–Crippen MR) is 68.8 cm³/mol. The van der Waals surface area contributed by atoms with Crippen molar-refractivity contribution < 1.29 is 5.21 Å². The van der Waals surface area contributed by atoms with E-state index in [1.807, 2.05) is 0 Å². The van der Waals surface area contributed by atoms with Crippen LogP contribution in [0.4, 0.5) is 0 Å². The molecule has 7 heteroatoms. The minimum Gasteiger partial charge on any atom is -0.409 e. The SMILES string of the molecule is NC(=NO)c1cc(Cl)ccc1-n1cc(Br)cn1. The molecule has 0 aliphatic heterocycles. The number of rotatable bonds is 2. The summed E-state index contributed by atoms with van der Waals surface area (Å²) in [5, 5.41) is 16.3. The lowest BCUT2D eigenvalue weighted by atomic mass is 10.1. The molecule has 3 N–H and O–H groups in total. The third-order valence-corrected chi connectivity index (χ3v) is 2.78. The van der Waals surface area contributed by atoms with Crippen LogP contribution in [-0.2, 0) is 0 Å². The van der Waals surface area contributed by atoms with Crippen molar-refractivity contribution in [2.45, 2.75) is 0 Å². The van der Waals surface area contributed by atoms with E-state index >= 15 is 0 Å². The Labute approximate surface area is 111 Å². The standard InChI is InChI=1S/C10H8BrClN4O/c11-6-4-14-16(5-6)9-2-1-7(12)3-8(9)10(13)15-17/h1-5,17H,(H2,13,15). The van der Waals surface area contributed by atoms with Crippen LogP contribution in [0.2, 0.25) is 5.02 Å². The number of oxime groups is 1. The van der Waals surface area contributed by atoms with Crippen molar-refractivity contribution in [2.75, 3.05) is 0 Å². The summed E-state index contributed by atoms with van der Waals surface area (Å²) in [5.41, 5.74) is 6.78. The van der Waals surface area contributed by atoms with Crippen LogP contribution in [0.5, 0.6) is 0 Å². The molecule has 17 heavy (non-hydrogen) atoms. The predicted octanol–water partition coefficient (Wildman–Crippen LogP) is 2.38. The Bertz CT molecular complexity index is 581. The number of aromatic nitrogens is 2. The molecule has 0 spiro atoms. The van der Waals surface area contributed by atoms with Crippen molar-refractivity contribution in [2.24, 2.45) is 10.9 Å². The Morgan fingerprint density at radius 1 is 1.53 bits per heavy atom. The van der Waals surface area contributed by atoms with Gasteiger partial charge >= 0.3 is 0 Å². The summed E-state index contributed by atoms with van der Waals surface area (Å²) in [4.78, 5) is 0. The zero-order chi connectivity index (χ0) is 12.4. The van der Waals surface area contributed by atoms with Gasteiger partial charge in [0.1, 0.15) is 0 Å². The summed E-state index contributed by atoms with van der Waals surface area (Å²) in [5.74, 6) is -0.0193. The maximum absolute atomic E-state index is 8.74. The maximum Gasteiger partial charge on any atom is 0.172 e. The molecule has 0 amide bonds. The molecule has 2 aromatic rings. The Hall–Kier alpha value is -1.53. The van der Waals surface area contributed by atoms with Gasteiger partial charge in [-0.2, -0.15) is 5.10 Å². The lowest BCUT2D eigenvalue weighted by Crippen LogP contribution is -2.16. The second-order valence-corrected chi connectivity index (χ2v) is 4.60. The molecule has 1 aromatic carbocycles. The number of nitrogens with zero attached hydrogens (tertiary/aromatic N) is 3. The molecule has 0 unspecified atom stereocenters. The Morgan fingerprint density at radius 3 is 2.88 bits per heavy atom. The first-order chi connectivity index (χ1) is 8.11. The maximum atomic E-state index is 8.74. The van der Waals surface area contributed by atoms with Crippen LogP contribution in [0, 0.1) is 0 Å². The first kappa shape index (κ1) is 11.9. The van der Waals surface area contributed by atoms with Gasteiger partial charge in [0.2, 0.25) is 0 Å². The van der Waals surface area contributed by atoms with Gasteiger partial charge < -0.3 is 10.9 Å². The van der Waals surface area contributed by atoms with Crippen molar-refractivity contribution >= 4 is 33.4 Å². The molecule has 0 bridgehead atoms. The number of hydrogen-bond donors (Lipinski definition) is 2. The van der Waals surface area contributed by atoms with E-state index in [2.05, 4.69) is 26.2 Å². The summed E-state index contributed by atoms with van der Waals surface area (Å²) in [7, 11) is 0. The fraction of sp³-hybridized carbons (Fsp3) is 0. The zero-order valence-electron chi connectivity index (χ0n) is 8.51. The molecule has 0 atom stereocenters. The topological polar surface area (TPSA) is 76.4 Å². The highest BCUT2D eigenvalue weighted by atomic mass is 79.9. The zero-order valence-corrected chi connectivity index (χ0v) is 10.9. The van der Waals surface area contributed by atoms with Gasteiger partial charge in [-0.3, -0.25) is 0 Å². The molecule has 2 rings (SSSR count). The largest absolute Gasteiger partial charge is 0.409 e. The van der Waals surface area contributed by atoms with Crippen LogP contribution in [0.3, 0.4) is 0 Å². The average molecular weight is 316 g/mol. The van der Waals surface area contributed by atoms with E-state index in [4.69, 9.17) is 22.5 Å². The lowest BCUT2D eigenvalue weighted by Gasteiger charge is -2.08. The molecule has 0 radical (unpaired) electrons. The highest BCUT2D eigenvalue weighted by molar-refractivity contribution is 9.10. The van der Waals surface area contributed by atoms with Crippen LogP contribution in [0.1, 0.15) is 5.56 Å². The van der Waals surface area contributed by atoms with Crippen LogP contribution in [-0.4, -0.2) is 20.8 Å².